The second kappa shape index (κ2) is 7.02. The minimum absolute atomic E-state index is 0.296. The molecule has 0 aromatic carbocycles. The number of piperidine rings is 1. The predicted octanol–water partition coefficient (Wildman–Crippen LogP) is 1.06. The molecule has 124 valence electrons. The van der Waals surface area contributed by atoms with E-state index in [1.165, 1.54) is 0 Å². The van der Waals surface area contributed by atoms with Gasteiger partial charge in [-0.25, -0.2) is 4.39 Å². The van der Waals surface area contributed by atoms with Crippen LogP contribution >= 0.6 is 0 Å². The zero-order chi connectivity index (χ0) is 15.5. The Hall–Kier alpha value is -1.05. The number of alkyl halides is 1. The van der Waals surface area contributed by atoms with E-state index in [1.807, 2.05) is 0 Å². The summed E-state index contributed by atoms with van der Waals surface area (Å²) in [5.41, 5.74) is 5.90. The highest BCUT2D eigenvalue weighted by atomic mass is 19.1. The topological polar surface area (TPSA) is 69.2 Å². The molecule has 2 N–H and O–H groups in total. The summed E-state index contributed by atoms with van der Waals surface area (Å²) in [5, 5.41) is 8.80. The van der Waals surface area contributed by atoms with Gasteiger partial charge in [0.15, 0.2) is 0 Å². The van der Waals surface area contributed by atoms with E-state index in [1.54, 1.807) is 7.11 Å². The van der Waals surface area contributed by atoms with Crippen molar-refractivity contribution in [2.24, 2.45) is 5.73 Å². The Balaban J connectivity index is 1.69. The number of likely N-dealkylation sites (tertiary alicyclic amines) is 1. The summed E-state index contributed by atoms with van der Waals surface area (Å²) in [5.74, 6) is 2.42. The van der Waals surface area contributed by atoms with Gasteiger partial charge in [0.05, 0.1) is 13.2 Å². The van der Waals surface area contributed by atoms with Crippen LogP contribution in [-0.2, 0) is 17.8 Å². The van der Waals surface area contributed by atoms with Gasteiger partial charge in [-0.05, 0) is 25.7 Å². The molecule has 2 aliphatic rings. The lowest BCUT2D eigenvalue weighted by molar-refractivity contribution is 0.139. The van der Waals surface area contributed by atoms with E-state index in [0.717, 1.165) is 50.7 Å². The summed E-state index contributed by atoms with van der Waals surface area (Å²) in [6, 6.07) is 0.296. The third-order valence-electron chi connectivity index (χ3n) is 4.80. The van der Waals surface area contributed by atoms with Crippen LogP contribution in [0, 0.1) is 0 Å². The van der Waals surface area contributed by atoms with Crippen LogP contribution in [0.5, 0.6) is 0 Å². The Labute approximate surface area is 130 Å². The molecular formula is C15H26FN5O. The number of methoxy groups -OCH3 is 1. The van der Waals surface area contributed by atoms with Gasteiger partial charge in [0.2, 0.25) is 0 Å². The van der Waals surface area contributed by atoms with Crippen molar-refractivity contribution in [2.75, 3.05) is 26.8 Å². The SMILES string of the molecule is COCCn1c(CN2CCC(F)CC2)nnc1C1CC(N)C1. The minimum Gasteiger partial charge on any atom is -0.383 e. The van der Waals surface area contributed by atoms with Crippen LogP contribution in [0.4, 0.5) is 4.39 Å². The van der Waals surface area contributed by atoms with Crippen LogP contribution in [0.2, 0.25) is 0 Å². The van der Waals surface area contributed by atoms with Crippen LogP contribution in [0.25, 0.3) is 0 Å². The smallest absolute Gasteiger partial charge is 0.147 e. The third kappa shape index (κ3) is 3.47. The average molecular weight is 311 g/mol. The minimum atomic E-state index is -0.644. The zero-order valence-corrected chi connectivity index (χ0v) is 13.2. The molecule has 2 heterocycles. The molecule has 0 atom stereocenters. The van der Waals surface area contributed by atoms with Crippen LogP contribution < -0.4 is 5.73 Å². The molecule has 2 fully saturated rings. The number of nitrogens with two attached hydrogens (primary N) is 1. The number of halogens is 1. The fourth-order valence-corrected chi connectivity index (χ4v) is 3.33. The summed E-state index contributed by atoms with van der Waals surface area (Å²) in [6.45, 7) is 3.73. The van der Waals surface area contributed by atoms with E-state index >= 15 is 0 Å². The van der Waals surface area contributed by atoms with E-state index in [2.05, 4.69) is 19.7 Å². The van der Waals surface area contributed by atoms with Crippen LogP contribution in [0.15, 0.2) is 0 Å². The maximum Gasteiger partial charge on any atom is 0.147 e. The Kier molecular flexibility index (Phi) is 5.05. The molecule has 1 aromatic heterocycles. The monoisotopic (exact) mass is 311 g/mol. The number of aromatic nitrogens is 3. The molecule has 1 saturated carbocycles. The lowest BCUT2D eigenvalue weighted by atomic mass is 9.80. The molecule has 1 saturated heterocycles. The Morgan fingerprint density at radius 2 is 2.00 bits per heavy atom. The number of ether oxygens (including phenoxy) is 1. The van der Waals surface area contributed by atoms with Gasteiger partial charge in [-0.3, -0.25) is 4.90 Å². The van der Waals surface area contributed by atoms with Gasteiger partial charge < -0.3 is 15.0 Å². The first-order valence-corrected chi connectivity index (χ1v) is 8.20. The van der Waals surface area contributed by atoms with Crippen LogP contribution in [0.1, 0.15) is 43.3 Å². The molecule has 0 radical (unpaired) electrons. The van der Waals surface area contributed by atoms with Gasteiger partial charge in [0, 0.05) is 38.7 Å². The second-order valence-electron chi connectivity index (χ2n) is 6.50. The summed E-state index contributed by atoms with van der Waals surface area (Å²) in [6.07, 6.45) is 2.57. The fraction of sp³-hybridized carbons (Fsp3) is 0.867. The first-order chi connectivity index (χ1) is 10.7. The van der Waals surface area contributed by atoms with Crippen molar-refractivity contribution in [3.05, 3.63) is 11.6 Å². The van der Waals surface area contributed by atoms with Crippen molar-refractivity contribution in [1.29, 1.82) is 0 Å². The lowest BCUT2D eigenvalue weighted by Gasteiger charge is -2.32. The van der Waals surface area contributed by atoms with Gasteiger partial charge in [0.25, 0.3) is 0 Å². The van der Waals surface area contributed by atoms with Crippen molar-refractivity contribution in [3.63, 3.8) is 0 Å². The molecule has 1 aliphatic heterocycles. The van der Waals surface area contributed by atoms with E-state index in [9.17, 15) is 4.39 Å². The van der Waals surface area contributed by atoms with Gasteiger partial charge in [-0.1, -0.05) is 0 Å². The Morgan fingerprint density at radius 3 is 2.64 bits per heavy atom. The molecule has 0 unspecified atom stereocenters. The normalized spacial score (nSPS) is 27.0. The molecule has 0 spiro atoms. The van der Waals surface area contributed by atoms with Crippen molar-refractivity contribution < 1.29 is 9.13 Å². The third-order valence-corrected chi connectivity index (χ3v) is 4.80. The fourth-order valence-electron chi connectivity index (χ4n) is 3.33. The second-order valence-corrected chi connectivity index (χ2v) is 6.50. The first kappa shape index (κ1) is 15.8. The van der Waals surface area contributed by atoms with Crippen molar-refractivity contribution in [2.45, 2.75) is 56.9 Å². The molecule has 22 heavy (non-hydrogen) atoms. The first-order valence-electron chi connectivity index (χ1n) is 8.20. The predicted molar refractivity (Wildman–Crippen MR) is 81.3 cm³/mol. The number of hydrogen-bond acceptors (Lipinski definition) is 5. The molecule has 1 aromatic rings. The molecule has 7 heteroatoms. The quantitative estimate of drug-likeness (QED) is 0.851. The van der Waals surface area contributed by atoms with E-state index in [4.69, 9.17) is 10.5 Å². The summed E-state index contributed by atoms with van der Waals surface area (Å²) in [4.78, 5) is 2.26. The van der Waals surface area contributed by atoms with Crippen molar-refractivity contribution >= 4 is 0 Å². The van der Waals surface area contributed by atoms with Crippen LogP contribution in [0.3, 0.4) is 0 Å². The molecule has 1 aliphatic carbocycles. The summed E-state index contributed by atoms with van der Waals surface area (Å²) in [7, 11) is 1.70. The highest BCUT2D eigenvalue weighted by molar-refractivity contribution is 5.09. The van der Waals surface area contributed by atoms with Gasteiger partial charge in [0.1, 0.15) is 17.8 Å². The highest BCUT2D eigenvalue weighted by Crippen LogP contribution is 2.35. The highest BCUT2D eigenvalue weighted by Gasteiger charge is 2.32. The Bertz CT molecular complexity index is 480. The number of rotatable bonds is 6. The molecule has 6 nitrogen and oxygen atoms in total. The van der Waals surface area contributed by atoms with E-state index < -0.39 is 6.17 Å². The number of hydrogen-bond donors (Lipinski definition) is 1. The molecular weight excluding hydrogens is 285 g/mol. The molecule has 3 rings (SSSR count). The maximum absolute atomic E-state index is 13.3. The summed E-state index contributed by atoms with van der Waals surface area (Å²) >= 11 is 0. The van der Waals surface area contributed by atoms with Gasteiger partial charge >= 0.3 is 0 Å². The standard InChI is InChI=1S/C15H26FN5O/c1-22-7-6-21-14(10-20-4-2-12(16)3-5-20)18-19-15(21)11-8-13(17)9-11/h11-13H,2-10,17H2,1H3. The molecule has 0 amide bonds. The molecule has 0 bridgehead atoms. The van der Waals surface area contributed by atoms with Crippen molar-refractivity contribution in [3.8, 4) is 0 Å². The largest absolute Gasteiger partial charge is 0.383 e. The average Bonchev–Trinajstić information content (AvgIpc) is 2.86. The van der Waals surface area contributed by atoms with E-state index in [0.29, 0.717) is 31.4 Å². The van der Waals surface area contributed by atoms with Crippen LogP contribution in [-0.4, -0.2) is 58.7 Å². The van der Waals surface area contributed by atoms with Crippen molar-refractivity contribution in [1.82, 2.24) is 19.7 Å². The number of nitrogens with zero attached hydrogens (tertiary/aromatic N) is 4. The Morgan fingerprint density at radius 1 is 1.27 bits per heavy atom. The lowest BCUT2D eigenvalue weighted by Crippen LogP contribution is -2.37. The van der Waals surface area contributed by atoms with Gasteiger partial charge in [-0.15, -0.1) is 10.2 Å². The van der Waals surface area contributed by atoms with Gasteiger partial charge in [-0.2, -0.15) is 0 Å². The summed E-state index contributed by atoms with van der Waals surface area (Å²) < 4.78 is 20.7. The maximum atomic E-state index is 13.3. The zero-order valence-electron chi connectivity index (χ0n) is 13.2. The van der Waals surface area contributed by atoms with E-state index in [-0.39, 0.29) is 0 Å².